The van der Waals surface area contributed by atoms with Crippen molar-refractivity contribution in [3.8, 4) is 0 Å². The number of carbonyl (C=O) groups excluding carboxylic acids is 2. The minimum absolute atomic E-state index is 0.128. The molecule has 0 saturated carbocycles. The number of amides is 2. The number of nitrogens with zero attached hydrogens (tertiary/aromatic N) is 1. The Hall–Kier alpha value is -1.59. The summed E-state index contributed by atoms with van der Waals surface area (Å²) in [6.07, 6.45) is 0.366. The van der Waals surface area contributed by atoms with Gasteiger partial charge in [-0.15, -0.1) is 0 Å². The number of aliphatic carboxylic acids is 1. The van der Waals surface area contributed by atoms with E-state index in [1.165, 1.54) is 18.9 Å². The molecule has 6 nitrogen and oxygen atoms in total. The van der Waals surface area contributed by atoms with E-state index in [0.717, 1.165) is 0 Å². The molecular formula is C11H20N2O4. The van der Waals surface area contributed by atoms with Gasteiger partial charge in [-0.2, -0.15) is 0 Å². The van der Waals surface area contributed by atoms with Crippen molar-refractivity contribution >= 4 is 17.8 Å². The number of likely N-dealkylation sites (N-methyl/N-ethyl adjacent to an activating group) is 1. The van der Waals surface area contributed by atoms with Gasteiger partial charge in [-0.25, -0.2) is 4.79 Å². The highest BCUT2D eigenvalue weighted by Gasteiger charge is 2.21. The quantitative estimate of drug-likeness (QED) is 0.692. The predicted molar refractivity (Wildman–Crippen MR) is 62.3 cm³/mol. The number of nitrogens with one attached hydrogen (secondary N) is 1. The molecule has 0 aromatic rings. The van der Waals surface area contributed by atoms with Gasteiger partial charge in [0, 0.05) is 14.0 Å². The predicted octanol–water partition coefficient (Wildman–Crippen LogP) is 0.0802. The van der Waals surface area contributed by atoms with Gasteiger partial charge in [-0.05, 0) is 12.3 Å². The van der Waals surface area contributed by atoms with Gasteiger partial charge in [0.1, 0.15) is 6.04 Å². The zero-order valence-corrected chi connectivity index (χ0v) is 10.7. The Labute approximate surface area is 101 Å². The fraction of sp³-hybridized carbons (Fsp3) is 0.727. The molecule has 0 aromatic carbocycles. The summed E-state index contributed by atoms with van der Waals surface area (Å²) in [4.78, 5) is 34.5. The monoisotopic (exact) mass is 244 g/mol. The van der Waals surface area contributed by atoms with Crippen LogP contribution in [-0.2, 0) is 14.4 Å². The number of carboxylic acids is 1. The van der Waals surface area contributed by atoms with Crippen LogP contribution in [0.25, 0.3) is 0 Å². The van der Waals surface area contributed by atoms with E-state index in [1.54, 1.807) is 0 Å². The van der Waals surface area contributed by atoms with Crippen LogP contribution >= 0.6 is 0 Å². The molecule has 0 aliphatic heterocycles. The fourth-order valence-electron chi connectivity index (χ4n) is 1.26. The Morgan fingerprint density at radius 2 is 1.82 bits per heavy atom. The lowest BCUT2D eigenvalue weighted by Crippen LogP contribution is -2.46. The molecule has 1 atom stereocenters. The van der Waals surface area contributed by atoms with E-state index in [0.29, 0.717) is 6.42 Å². The van der Waals surface area contributed by atoms with Crippen LogP contribution in [0.5, 0.6) is 0 Å². The Morgan fingerprint density at radius 3 is 2.18 bits per heavy atom. The molecule has 98 valence electrons. The van der Waals surface area contributed by atoms with Gasteiger partial charge in [-0.3, -0.25) is 9.59 Å². The molecule has 0 bridgehead atoms. The van der Waals surface area contributed by atoms with E-state index in [2.05, 4.69) is 5.32 Å². The van der Waals surface area contributed by atoms with Crippen LogP contribution in [0, 0.1) is 5.92 Å². The van der Waals surface area contributed by atoms with Crippen molar-refractivity contribution in [1.29, 1.82) is 0 Å². The summed E-state index contributed by atoms with van der Waals surface area (Å²) >= 11 is 0. The summed E-state index contributed by atoms with van der Waals surface area (Å²) in [5.74, 6) is -1.59. The van der Waals surface area contributed by atoms with Crippen molar-refractivity contribution in [2.45, 2.75) is 33.2 Å². The number of rotatable bonds is 6. The first-order valence-electron chi connectivity index (χ1n) is 5.48. The van der Waals surface area contributed by atoms with E-state index in [-0.39, 0.29) is 18.4 Å². The van der Waals surface area contributed by atoms with E-state index >= 15 is 0 Å². The third-order valence-electron chi connectivity index (χ3n) is 2.26. The van der Waals surface area contributed by atoms with Gasteiger partial charge in [0.15, 0.2) is 0 Å². The molecule has 0 saturated heterocycles. The molecule has 17 heavy (non-hydrogen) atoms. The van der Waals surface area contributed by atoms with Crippen LogP contribution < -0.4 is 5.32 Å². The van der Waals surface area contributed by atoms with Crippen molar-refractivity contribution in [1.82, 2.24) is 10.2 Å². The second kappa shape index (κ2) is 6.88. The van der Waals surface area contributed by atoms with Crippen LogP contribution in [0.3, 0.4) is 0 Å². The minimum Gasteiger partial charge on any atom is -0.480 e. The average Bonchev–Trinajstić information content (AvgIpc) is 2.15. The zero-order chi connectivity index (χ0) is 13.6. The molecule has 0 aliphatic rings. The topological polar surface area (TPSA) is 86.7 Å². The van der Waals surface area contributed by atoms with Gasteiger partial charge >= 0.3 is 5.97 Å². The number of hydrogen-bond donors (Lipinski definition) is 2. The summed E-state index contributed by atoms with van der Waals surface area (Å²) < 4.78 is 0. The van der Waals surface area contributed by atoms with Crippen molar-refractivity contribution in [3.63, 3.8) is 0 Å². The molecule has 2 N–H and O–H groups in total. The smallest absolute Gasteiger partial charge is 0.326 e. The first kappa shape index (κ1) is 15.4. The summed E-state index contributed by atoms with van der Waals surface area (Å²) in [5.41, 5.74) is 0. The molecule has 0 heterocycles. The first-order chi connectivity index (χ1) is 7.73. The molecule has 0 aromatic heterocycles. The summed E-state index contributed by atoms with van der Waals surface area (Å²) in [7, 11) is 1.49. The van der Waals surface area contributed by atoms with E-state index in [9.17, 15) is 14.4 Å². The van der Waals surface area contributed by atoms with Crippen molar-refractivity contribution in [2.75, 3.05) is 13.6 Å². The lowest BCUT2D eigenvalue weighted by atomic mass is 10.0. The number of carboxylic acid groups (broad SMARTS) is 1. The SMILES string of the molecule is CC(=O)N(C)CC(=O)N[C@H](CC(C)C)C(=O)O. The van der Waals surface area contributed by atoms with E-state index < -0.39 is 17.9 Å². The standard InChI is InChI=1S/C11H20N2O4/c1-7(2)5-9(11(16)17)12-10(15)6-13(4)8(3)14/h7,9H,5-6H2,1-4H3,(H,12,15)(H,16,17)/t9-/m1/s1. The highest BCUT2D eigenvalue weighted by Crippen LogP contribution is 2.04. The van der Waals surface area contributed by atoms with Crippen LogP contribution in [0.4, 0.5) is 0 Å². The Balaban J connectivity index is 4.31. The van der Waals surface area contributed by atoms with Crippen LogP contribution in [-0.4, -0.2) is 47.4 Å². The van der Waals surface area contributed by atoms with E-state index in [1.807, 2.05) is 13.8 Å². The first-order valence-corrected chi connectivity index (χ1v) is 5.48. The van der Waals surface area contributed by atoms with Crippen molar-refractivity contribution < 1.29 is 19.5 Å². The largest absolute Gasteiger partial charge is 0.480 e. The molecule has 0 radical (unpaired) electrons. The molecule has 0 fully saturated rings. The maximum Gasteiger partial charge on any atom is 0.326 e. The lowest BCUT2D eigenvalue weighted by Gasteiger charge is -2.19. The summed E-state index contributed by atoms with van der Waals surface area (Å²) in [5, 5.41) is 11.3. The van der Waals surface area contributed by atoms with Gasteiger partial charge in [-0.1, -0.05) is 13.8 Å². The zero-order valence-electron chi connectivity index (χ0n) is 10.7. The Morgan fingerprint density at radius 1 is 1.29 bits per heavy atom. The molecular weight excluding hydrogens is 224 g/mol. The van der Waals surface area contributed by atoms with Gasteiger partial charge in [0.25, 0.3) is 0 Å². The van der Waals surface area contributed by atoms with Crippen molar-refractivity contribution in [2.24, 2.45) is 5.92 Å². The molecule has 0 rings (SSSR count). The average molecular weight is 244 g/mol. The molecule has 2 amide bonds. The van der Waals surface area contributed by atoms with Crippen molar-refractivity contribution in [3.05, 3.63) is 0 Å². The molecule has 6 heteroatoms. The highest BCUT2D eigenvalue weighted by atomic mass is 16.4. The molecule has 0 unspecified atom stereocenters. The summed E-state index contributed by atoms with van der Waals surface area (Å²) in [6, 6.07) is -0.900. The third-order valence-corrected chi connectivity index (χ3v) is 2.26. The fourth-order valence-corrected chi connectivity index (χ4v) is 1.26. The normalized spacial score (nSPS) is 12.1. The molecule has 0 aliphatic carbocycles. The number of hydrogen-bond acceptors (Lipinski definition) is 3. The van der Waals surface area contributed by atoms with Crippen LogP contribution in [0.2, 0.25) is 0 Å². The molecule has 0 spiro atoms. The Bertz CT molecular complexity index is 302. The van der Waals surface area contributed by atoms with Gasteiger partial charge < -0.3 is 15.3 Å². The minimum atomic E-state index is -1.06. The van der Waals surface area contributed by atoms with E-state index in [4.69, 9.17) is 5.11 Å². The third kappa shape index (κ3) is 6.55. The maximum atomic E-state index is 11.5. The highest BCUT2D eigenvalue weighted by molar-refractivity contribution is 5.87. The van der Waals surface area contributed by atoms with Gasteiger partial charge in [0.2, 0.25) is 11.8 Å². The van der Waals surface area contributed by atoms with Crippen LogP contribution in [0.1, 0.15) is 27.2 Å². The maximum absolute atomic E-state index is 11.5. The van der Waals surface area contributed by atoms with Crippen LogP contribution in [0.15, 0.2) is 0 Å². The summed E-state index contributed by atoms with van der Waals surface area (Å²) in [6.45, 7) is 4.97. The second-order valence-corrected chi connectivity index (χ2v) is 4.46. The van der Waals surface area contributed by atoms with Gasteiger partial charge in [0.05, 0.1) is 6.54 Å². The second-order valence-electron chi connectivity index (χ2n) is 4.46. The Kier molecular flexibility index (Phi) is 6.23. The number of carbonyl (C=O) groups is 3. The lowest BCUT2D eigenvalue weighted by molar-refractivity contribution is -0.142.